The van der Waals surface area contributed by atoms with Crippen LogP contribution in [0.15, 0.2) is 18.2 Å². The van der Waals surface area contributed by atoms with Crippen molar-refractivity contribution in [3.05, 3.63) is 29.0 Å². The van der Waals surface area contributed by atoms with Gasteiger partial charge in [-0.15, -0.1) is 0 Å². The minimum Gasteiger partial charge on any atom is -0.327 e. The van der Waals surface area contributed by atoms with Gasteiger partial charge >= 0.3 is 0 Å². The van der Waals surface area contributed by atoms with Crippen molar-refractivity contribution in [2.75, 3.05) is 6.54 Å². The van der Waals surface area contributed by atoms with Gasteiger partial charge in [-0.05, 0) is 49.4 Å². The van der Waals surface area contributed by atoms with Crippen molar-refractivity contribution in [1.29, 1.82) is 0 Å². The normalized spacial score (nSPS) is 21.8. The number of aryl methyl sites for hydroxylation is 1. The first-order valence-electron chi connectivity index (χ1n) is 7.92. The first kappa shape index (κ1) is 14.9. The molecule has 0 bridgehead atoms. The fourth-order valence-electron chi connectivity index (χ4n) is 3.45. The van der Waals surface area contributed by atoms with Crippen LogP contribution in [0.4, 0.5) is 0 Å². The second-order valence-electron chi connectivity index (χ2n) is 6.73. The van der Waals surface area contributed by atoms with Crippen molar-refractivity contribution >= 4 is 22.6 Å². The molecule has 1 aliphatic rings. The van der Waals surface area contributed by atoms with Crippen molar-refractivity contribution in [2.45, 2.75) is 52.6 Å². The average molecular weight is 306 g/mol. The molecule has 1 N–H and O–H groups in total. The highest BCUT2D eigenvalue weighted by atomic mass is 35.5. The van der Waals surface area contributed by atoms with Gasteiger partial charge in [0.15, 0.2) is 0 Å². The van der Waals surface area contributed by atoms with E-state index in [9.17, 15) is 0 Å². The van der Waals surface area contributed by atoms with Gasteiger partial charge in [0.1, 0.15) is 5.82 Å². The van der Waals surface area contributed by atoms with Crippen LogP contribution in [0.25, 0.3) is 11.0 Å². The summed E-state index contributed by atoms with van der Waals surface area (Å²) in [6.07, 6.45) is 3.58. The highest BCUT2D eigenvalue weighted by molar-refractivity contribution is 6.31. The van der Waals surface area contributed by atoms with Crippen molar-refractivity contribution in [3.8, 4) is 0 Å². The number of aromatic nitrogens is 2. The lowest BCUT2D eigenvalue weighted by atomic mass is 9.77. The van der Waals surface area contributed by atoms with Crippen LogP contribution in [0, 0.1) is 5.41 Å². The van der Waals surface area contributed by atoms with E-state index in [1.165, 1.54) is 24.2 Å². The monoisotopic (exact) mass is 305 g/mol. The predicted octanol–water partition coefficient (Wildman–Crippen LogP) is 4.55. The summed E-state index contributed by atoms with van der Waals surface area (Å²) in [6, 6.07) is 6.34. The molecule has 1 aromatic heterocycles. The number of fused-ring (bicyclic) bond motifs is 1. The van der Waals surface area contributed by atoms with E-state index in [0.29, 0.717) is 6.04 Å². The molecular weight excluding hydrogens is 282 g/mol. The molecule has 1 saturated heterocycles. The van der Waals surface area contributed by atoms with Crippen LogP contribution in [-0.4, -0.2) is 16.1 Å². The zero-order chi connectivity index (χ0) is 15.0. The number of piperidine rings is 1. The van der Waals surface area contributed by atoms with Crippen LogP contribution >= 0.6 is 11.6 Å². The van der Waals surface area contributed by atoms with Gasteiger partial charge in [0.2, 0.25) is 0 Å². The molecule has 3 rings (SSSR count). The second kappa shape index (κ2) is 5.62. The Morgan fingerprint density at radius 2 is 2.24 bits per heavy atom. The third kappa shape index (κ3) is 2.69. The Morgan fingerprint density at radius 1 is 1.43 bits per heavy atom. The van der Waals surface area contributed by atoms with Gasteiger partial charge in [-0.25, -0.2) is 4.98 Å². The van der Waals surface area contributed by atoms with Crippen LogP contribution in [0.5, 0.6) is 0 Å². The third-order valence-corrected chi connectivity index (χ3v) is 4.81. The van der Waals surface area contributed by atoms with Crippen LogP contribution in [0.1, 0.15) is 51.9 Å². The highest BCUT2D eigenvalue weighted by Crippen LogP contribution is 2.40. The van der Waals surface area contributed by atoms with E-state index >= 15 is 0 Å². The number of nitrogens with one attached hydrogen (secondary N) is 1. The topological polar surface area (TPSA) is 29.9 Å². The van der Waals surface area contributed by atoms with Crippen LogP contribution in [-0.2, 0) is 6.54 Å². The van der Waals surface area contributed by atoms with E-state index in [0.717, 1.165) is 30.0 Å². The van der Waals surface area contributed by atoms with Crippen molar-refractivity contribution in [1.82, 2.24) is 14.9 Å². The molecule has 1 atom stereocenters. The van der Waals surface area contributed by atoms with Gasteiger partial charge < -0.3 is 9.88 Å². The largest absolute Gasteiger partial charge is 0.327 e. The fraction of sp³-hybridized carbons (Fsp3) is 0.588. The van der Waals surface area contributed by atoms with E-state index < -0.39 is 0 Å². The molecule has 21 heavy (non-hydrogen) atoms. The number of nitrogens with zero attached hydrogens (tertiary/aromatic N) is 2. The SMILES string of the molecule is CCCn1c(C2NCCCC2(C)C)nc2cc(Cl)ccc21. The van der Waals surface area contributed by atoms with Gasteiger partial charge in [0, 0.05) is 11.6 Å². The number of rotatable bonds is 3. The number of hydrogen-bond donors (Lipinski definition) is 1. The van der Waals surface area contributed by atoms with Crippen molar-refractivity contribution in [2.24, 2.45) is 5.41 Å². The first-order chi connectivity index (χ1) is 10.0. The highest BCUT2D eigenvalue weighted by Gasteiger charge is 2.36. The van der Waals surface area contributed by atoms with Gasteiger partial charge in [-0.2, -0.15) is 0 Å². The molecule has 0 saturated carbocycles. The minimum atomic E-state index is 0.231. The van der Waals surface area contributed by atoms with E-state index in [2.05, 4.69) is 36.7 Å². The summed E-state index contributed by atoms with van der Waals surface area (Å²) in [5, 5.41) is 4.44. The quantitative estimate of drug-likeness (QED) is 0.901. The van der Waals surface area contributed by atoms with E-state index in [4.69, 9.17) is 16.6 Å². The van der Waals surface area contributed by atoms with Crippen molar-refractivity contribution in [3.63, 3.8) is 0 Å². The predicted molar refractivity (Wildman–Crippen MR) is 88.8 cm³/mol. The van der Waals surface area contributed by atoms with E-state index in [1.54, 1.807) is 0 Å². The lowest BCUT2D eigenvalue weighted by Crippen LogP contribution is -2.41. The molecule has 2 aromatic rings. The summed E-state index contributed by atoms with van der Waals surface area (Å²) in [6.45, 7) is 8.97. The Hall–Kier alpha value is -1.06. The minimum absolute atomic E-state index is 0.231. The van der Waals surface area contributed by atoms with Gasteiger partial charge in [0.05, 0.1) is 17.1 Å². The lowest BCUT2D eigenvalue weighted by molar-refractivity contribution is 0.171. The molecule has 1 unspecified atom stereocenters. The molecule has 3 nitrogen and oxygen atoms in total. The smallest absolute Gasteiger partial charge is 0.127 e. The fourth-order valence-corrected chi connectivity index (χ4v) is 3.62. The summed E-state index contributed by atoms with van der Waals surface area (Å²) in [5.74, 6) is 1.17. The Kier molecular flexibility index (Phi) is 3.98. The van der Waals surface area contributed by atoms with Gasteiger partial charge in [-0.3, -0.25) is 0 Å². The molecule has 1 aromatic carbocycles. The Labute approximate surface area is 131 Å². The maximum Gasteiger partial charge on any atom is 0.127 e. The van der Waals surface area contributed by atoms with Gasteiger partial charge in [0.25, 0.3) is 0 Å². The summed E-state index contributed by atoms with van der Waals surface area (Å²) >= 11 is 6.13. The maximum atomic E-state index is 6.13. The average Bonchev–Trinajstić information content (AvgIpc) is 2.76. The standard InChI is InChI=1S/C17H24ClN3/c1-4-10-21-14-7-6-12(18)11-13(14)20-16(21)15-17(2,3)8-5-9-19-15/h6-7,11,15,19H,4-5,8-10H2,1-3H3. The van der Waals surface area contributed by atoms with Crippen LogP contribution in [0.3, 0.4) is 0 Å². The van der Waals surface area contributed by atoms with E-state index in [1.807, 2.05) is 12.1 Å². The molecule has 1 fully saturated rings. The number of hydrogen-bond acceptors (Lipinski definition) is 2. The zero-order valence-corrected chi connectivity index (χ0v) is 13.9. The van der Waals surface area contributed by atoms with Crippen LogP contribution in [0.2, 0.25) is 5.02 Å². The molecule has 2 heterocycles. The van der Waals surface area contributed by atoms with Crippen LogP contribution < -0.4 is 5.32 Å². The third-order valence-electron chi connectivity index (χ3n) is 4.57. The summed E-state index contributed by atoms with van der Waals surface area (Å²) in [4.78, 5) is 4.93. The first-order valence-corrected chi connectivity index (χ1v) is 8.30. The molecule has 4 heteroatoms. The molecule has 0 radical (unpaired) electrons. The molecule has 0 aliphatic carbocycles. The second-order valence-corrected chi connectivity index (χ2v) is 7.17. The lowest BCUT2D eigenvalue weighted by Gasteiger charge is -2.39. The molecule has 1 aliphatic heterocycles. The Morgan fingerprint density at radius 3 is 2.95 bits per heavy atom. The molecule has 0 spiro atoms. The molecule has 114 valence electrons. The van der Waals surface area contributed by atoms with E-state index in [-0.39, 0.29) is 5.41 Å². The maximum absolute atomic E-state index is 6.13. The number of imidazole rings is 1. The van der Waals surface area contributed by atoms with Crippen molar-refractivity contribution < 1.29 is 0 Å². The summed E-state index contributed by atoms with van der Waals surface area (Å²) < 4.78 is 2.37. The molecular formula is C17H24ClN3. The van der Waals surface area contributed by atoms with Gasteiger partial charge in [-0.1, -0.05) is 32.4 Å². The number of benzene rings is 1. The molecule has 0 amide bonds. The Bertz CT molecular complexity index is 645. The summed E-state index contributed by atoms with van der Waals surface area (Å²) in [7, 11) is 0. The Balaban J connectivity index is 2.14. The zero-order valence-electron chi connectivity index (χ0n) is 13.1. The summed E-state index contributed by atoms with van der Waals surface area (Å²) in [5.41, 5.74) is 2.43. The number of halogens is 1.